The van der Waals surface area contributed by atoms with Gasteiger partial charge in [0, 0.05) is 23.4 Å². The molecule has 214 valence electrons. The highest BCUT2D eigenvalue weighted by Crippen LogP contribution is 2.23. The summed E-state index contributed by atoms with van der Waals surface area (Å²) in [6.45, 7) is 3.98. The number of esters is 1. The van der Waals surface area contributed by atoms with Crippen LogP contribution in [-0.4, -0.2) is 22.9 Å². The Hall–Kier alpha value is -5.69. The SMILES string of the molecule is Cc1ccc(OC(=O)c2ccc(C(=O)Nc3cccc(CNC(=O)c4cccc(-c5ccc(O)cc5)c4)c3)cc2C)cc1. The molecular weight excluding hydrogens is 540 g/mol. The van der Waals surface area contributed by atoms with E-state index in [1.807, 2.05) is 37.3 Å². The Labute approximate surface area is 249 Å². The summed E-state index contributed by atoms with van der Waals surface area (Å²) in [5, 5.41) is 15.3. The summed E-state index contributed by atoms with van der Waals surface area (Å²) in [7, 11) is 0. The van der Waals surface area contributed by atoms with Gasteiger partial charge in [-0.2, -0.15) is 0 Å². The predicted molar refractivity (Wildman–Crippen MR) is 166 cm³/mol. The van der Waals surface area contributed by atoms with E-state index >= 15 is 0 Å². The van der Waals surface area contributed by atoms with E-state index in [1.165, 1.54) is 0 Å². The molecule has 7 heteroatoms. The third-order valence-corrected chi connectivity index (χ3v) is 6.90. The average molecular weight is 571 g/mol. The van der Waals surface area contributed by atoms with Gasteiger partial charge in [0.2, 0.25) is 0 Å². The maximum Gasteiger partial charge on any atom is 0.343 e. The molecule has 0 heterocycles. The number of ether oxygens (including phenoxy) is 1. The quantitative estimate of drug-likeness (QED) is 0.137. The highest BCUT2D eigenvalue weighted by atomic mass is 16.5. The molecule has 0 aromatic heterocycles. The molecule has 0 aliphatic rings. The highest BCUT2D eigenvalue weighted by Gasteiger charge is 2.15. The number of hydrogen-bond donors (Lipinski definition) is 3. The Kier molecular flexibility index (Phi) is 8.63. The van der Waals surface area contributed by atoms with Crippen molar-refractivity contribution in [3.05, 3.63) is 149 Å². The second-order valence-corrected chi connectivity index (χ2v) is 10.2. The van der Waals surface area contributed by atoms with Gasteiger partial charge >= 0.3 is 5.97 Å². The molecule has 7 nitrogen and oxygen atoms in total. The lowest BCUT2D eigenvalue weighted by molar-refractivity contribution is 0.0733. The average Bonchev–Trinajstić information content (AvgIpc) is 3.01. The predicted octanol–water partition coefficient (Wildman–Crippen LogP) is 7.08. The molecule has 0 aliphatic heterocycles. The zero-order valence-corrected chi connectivity index (χ0v) is 23.8. The molecule has 5 rings (SSSR count). The van der Waals surface area contributed by atoms with E-state index in [2.05, 4.69) is 10.6 Å². The minimum Gasteiger partial charge on any atom is -0.508 e. The van der Waals surface area contributed by atoms with E-state index in [1.54, 1.807) is 91.9 Å². The first-order valence-electron chi connectivity index (χ1n) is 13.7. The first kappa shape index (κ1) is 28.8. The van der Waals surface area contributed by atoms with Gasteiger partial charge in [-0.3, -0.25) is 9.59 Å². The van der Waals surface area contributed by atoms with E-state index in [0.717, 1.165) is 22.3 Å². The summed E-state index contributed by atoms with van der Waals surface area (Å²) < 4.78 is 5.47. The molecule has 0 saturated heterocycles. The number of phenols is 1. The fourth-order valence-corrected chi connectivity index (χ4v) is 4.54. The van der Waals surface area contributed by atoms with Crippen molar-refractivity contribution in [2.24, 2.45) is 0 Å². The molecule has 0 bridgehead atoms. The Bertz CT molecular complexity index is 1790. The Morgan fingerprint density at radius 1 is 0.698 bits per heavy atom. The molecule has 0 aliphatic carbocycles. The highest BCUT2D eigenvalue weighted by molar-refractivity contribution is 6.05. The summed E-state index contributed by atoms with van der Waals surface area (Å²) in [5.41, 5.74) is 6.12. The monoisotopic (exact) mass is 570 g/mol. The maximum absolute atomic E-state index is 13.0. The van der Waals surface area contributed by atoms with Crippen LogP contribution in [-0.2, 0) is 6.54 Å². The van der Waals surface area contributed by atoms with E-state index in [0.29, 0.717) is 33.7 Å². The maximum atomic E-state index is 13.0. The summed E-state index contributed by atoms with van der Waals surface area (Å²) in [5.74, 6) is -0.411. The Morgan fingerprint density at radius 2 is 1.42 bits per heavy atom. The zero-order valence-electron chi connectivity index (χ0n) is 23.8. The molecule has 0 spiro atoms. The zero-order chi connectivity index (χ0) is 30.3. The van der Waals surface area contributed by atoms with Crippen LogP contribution in [0.4, 0.5) is 5.69 Å². The smallest absolute Gasteiger partial charge is 0.343 e. The van der Waals surface area contributed by atoms with Crippen LogP contribution in [0, 0.1) is 13.8 Å². The van der Waals surface area contributed by atoms with Crippen molar-refractivity contribution in [3.63, 3.8) is 0 Å². The summed E-state index contributed by atoms with van der Waals surface area (Å²) >= 11 is 0. The number of hydrogen-bond acceptors (Lipinski definition) is 5. The van der Waals surface area contributed by atoms with Crippen molar-refractivity contribution in [1.29, 1.82) is 0 Å². The van der Waals surface area contributed by atoms with Crippen LogP contribution in [0.5, 0.6) is 11.5 Å². The number of anilines is 1. The minimum atomic E-state index is -0.491. The molecule has 5 aromatic carbocycles. The van der Waals surface area contributed by atoms with Gasteiger partial charge in [0.1, 0.15) is 11.5 Å². The van der Waals surface area contributed by atoms with E-state index in [4.69, 9.17) is 4.74 Å². The van der Waals surface area contributed by atoms with Gasteiger partial charge < -0.3 is 20.5 Å². The van der Waals surface area contributed by atoms with Gasteiger partial charge in [0.05, 0.1) is 5.56 Å². The largest absolute Gasteiger partial charge is 0.508 e. The van der Waals surface area contributed by atoms with Gasteiger partial charge in [-0.15, -0.1) is 0 Å². The summed E-state index contributed by atoms with van der Waals surface area (Å²) in [4.78, 5) is 38.5. The second kappa shape index (κ2) is 12.9. The lowest BCUT2D eigenvalue weighted by Gasteiger charge is -2.11. The third kappa shape index (κ3) is 7.34. The van der Waals surface area contributed by atoms with Crippen molar-refractivity contribution in [1.82, 2.24) is 5.32 Å². The van der Waals surface area contributed by atoms with Crippen LogP contribution in [0.15, 0.2) is 115 Å². The molecule has 0 radical (unpaired) electrons. The first-order chi connectivity index (χ1) is 20.7. The molecule has 0 fully saturated rings. The number of amides is 2. The van der Waals surface area contributed by atoms with Crippen LogP contribution >= 0.6 is 0 Å². The van der Waals surface area contributed by atoms with E-state index in [-0.39, 0.29) is 24.1 Å². The van der Waals surface area contributed by atoms with E-state index < -0.39 is 5.97 Å². The lowest BCUT2D eigenvalue weighted by Crippen LogP contribution is -2.23. The van der Waals surface area contributed by atoms with Gasteiger partial charge in [-0.05, 0) is 103 Å². The third-order valence-electron chi connectivity index (χ3n) is 6.90. The standard InChI is InChI=1S/C36H30N2O5/c1-23-9-16-32(17-10-23)43-36(42)33-18-13-29(19-24(33)2)35(41)38-30-8-3-5-25(20-30)22-37-34(40)28-7-4-6-27(21-28)26-11-14-31(39)15-12-26/h3-21,39H,22H2,1-2H3,(H,37,40)(H,38,41). The van der Waals surface area contributed by atoms with E-state index in [9.17, 15) is 19.5 Å². The number of benzene rings is 5. The van der Waals surface area contributed by atoms with Crippen molar-refractivity contribution < 1.29 is 24.2 Å². The summed E-state index contributed by atoms with van der Waals surface area (Å²) in [6, 6.07) is 33.3. The molecule has 0 atom stereocenters. The van der Waals surface area contributed by atoms with Crippen LogP contribution in [0.1, 0.15) is 47.8 Å². The number of phenolic OH excluding ortho intramolecular Hbond substituents is 1. The van der Waals surface area contributed by atoms with Crippen LogP contribution < -0.4 is 15.4 Å². The van der Waals surface area contributed by atoms with Crippen molar-refractivity contribution in [3.8, 4) is 22.6 Å². The number of nitrogens with one attached hydrogen (secondary N) is 2. The van der Waals surface area contributed by atoms with Crippen molar-refractivity contribution >= 4 is 23.5 Å². The first-order valence-corrected chi connectivity index (χ1v) is 13.7. The van der Waals surface area contributed by atoms with Gasteiger partial charge in [-0.1, -0.05) is 54.1 Å². The Balaban J connectivity index is 1.19. The van der Waals surface area contributed by atoms with Crippen LogP contribution in [0.2, 0.25) is 0 Å². The molecule has 5 aromatic rings. The number of rotatable bonds is 8. The molecule has 3 N–H and O–H groups in total. The van der Waals surface area contributed by atoms with Gasteiger partial charge in [-0.25, -0.2) is 4.79 Å². The minimum absolute atomic E-state index is 0.181. The molecular formula is C36H30N2O5. The van der Waals surface area contributed by atoms with Gasteiger partial charge in [0.15, 0.2) is 0 Å². The molecule has 0 unspecified atom stereocenters. The van der Waals surface area contributed by atoms with Crippen molar-refractivity contribution in [2.45, 2.75) is 20.4 Å². The van der Waals surface area contributed by atoms with Gasteiger partial charge in [0.25, 0.3) is 11.8 Å². The molecule has 0 saturated carbocycles. The topological polar surface area (TPSA) is 105 Å². The van der Waals surface area contributed by atoms with Crippen LogP contribution in [0.25, 0.3) is 11.1 Å². The van der Waals surface area contributed by atoms with Crippen molar-refractivity contribution in [2.75, 3.05) is 5.32 Å². The molecule has 43 heavy (non-hydrogen) atoms. The normalized spacial score (nSPS) is 10.6. The number of carbonyl (C=O) groups is 3. The fraction of sp³-hybridized carbons (Fsp3) is 0.0833. The second-order valence-electron chi connectivity index (χ2n) is 10.2. The number of aromatic hydroxyl groups is 1. The number of carbonyl (C=O) groups excluding carboxylic acids is 3. The number of aryl methyl sites for hydroxylation is 2. The summed E-state index contributed by atoms with van der Waals surface area (Å²) in [6.07, 6.45) is 0. The lowest BCUT2D eigenvalue weighted by atomic mass is 10.0. The molecule has 2 amide bonds. The van der Waals surface area contributed by atoms with Crippen LogP contribution in [0.3, 0.4) is 0 Å². The Morgan fingerprint density at radius 3 is 2.16 bits per heavy atom. The fourth-order valence-electron chi connectivity index (χ4n) is 4.54.